The van der Waals surface area contributed by atoms with Crippen LogP contribution in [0, 0.1) is 5.92 Å². The Bertz CT molecular complexity index is 492. The number of rotatable bonds is 7. The van der Waals surface area contributed by atoms with Crippen molar-refractivity contribution < 1.29 is 14.3 Å². The van der Waals surface area contributed by atoms with Crippen molar-refractivity contribution in [3.05, 3.63) is 26.6 Å². The first-order chi connectivity index (χ1) is 9.90. The number of benzene rings is 1. The smallest absolute Gasteiger partial charge is 0.323 e. The predicted octanol–water partition coefficient (Wildman–Crippen LogP) is 3.90. The maximum atomic E-state index is 11.8. The molecule has 0 bridgehead atoms. The third kappa shape index (κ3) is 5.27. The van der Waals surface area contributed by atoms with Crippen molar-refractivity contribution in [2.24, 2.45) is 5.92 Å². The van der Waals surface area contributed by atoms with Crippen molar-refractivity contribution in [2.75, 3.05) is 13.7 Å². The molecule has 0 fully saturated rings. The molecular weight excluding hydrogens is 402 g/mol. The van der Waals surface area contributed by atoms with E-state index in [9.17, 15) is 4.79 Å². The fourth-order valence-electron chi connectivity index (χ4n) is 1.99. The van der Waals surface area contributed by atoms with Crippen LogP contribution in [0.4, 0.5) is 0 Å². The van der Waals surface area contributed by atoms with Gasteiger partial charge in [0.2, 0.25) is 0 Å². The average molecular weight is 423 g/mol. The zero-order chi connectivity index (χ0) is 16.0. The van der Waals surface area contributed by atoms with Crippen LogP contribution in [0.3, 0.4) is 0 Å². The highest BCUT2D eigenvalue weighted by Crippen LogP contribution is 2.33. The molecule has 0 aliphatic carbocycles. The van der Waals surface area contributed by atoms with Gasteiger partial charge in [0.05, 0.1) is 18.2 Å². The van der Waals surface area contributed by atoms with Crippen LogP contribution in [-0.4, -0.2) is 25.7 Å². The van der Waals surface area contributed by atoms with Crippen LogP contribution in [0.1, 0.15) is 26.3 Å². The third-order valence-electron chi connectivity index (χ3n) is 3.01. The number of carbonyl (C=O) groups is 1. The first-order valence-electron chi connectivity index (χ1n) is 6.82. The van der Waals surface area contributed by atoms with E-state index in [0.717, 1.165) is 20.3 Å². The molecule has 1 N–H and O–H groups in total. The molecule has 1 aromatic carbocycles. The molecule has 0 saturated carbocycles. The van der Waals surface area contributed by atoms with Crippen molar-refractivity contribution in [3.8, 4) is 5.75 Å². The largest absolute Gasteiger partial charge is 0.492 e. The minimum atomic E-state index is -0.345. The number of ether oxygens (including phenoxy) is 2. The fourth-order valence-corrected chi connectivity index (χ4v) is 3.42. The lowest BCUT2D eigenvalue weighted by molar-refractivity contribution is -0.144. The van der Waals surface area contributed by atoms with E-state index >= 15 is 0 Å². The normalized spacial score (nSPS) is 12.3. The second-order valence-electron chi connectivity index (χ2n) is 4.93. The van der Waals surface area contributed by atoms with Gasteiger partial charge in [-0.2, -0.15) is 0 Å². The average Bonchev–Trinajstić information content (AvgIpc) is 2.41. The molecule has 118 valence electrons. The summed E-state index contributed by atoms with van der Waals surface area (Å²) in [5.74, 6) is 0.682. The van der Waals surface area contributed by atoms with Crippen molar-refractivity contribution in [2.45, 2.75) is 33.4 Å². The van der Waals surface area contributed by atoms with Crippen LogP contribution in [0.5, 0.6) is 5.75 Å². The Balaban J connectivity index is 2.93. The predicted molar refractivity (Wildman–Crippen MR) is 90.5 cm³/mol. The minimum absolute atomic E-state index is 0.142. The molecule has 0 aliphatic rings. The van der Waals surface area contributed by atoms with E-state index in [1.165, 1.54) is 7.11 Å². The van der Waals surface area contributed by atoms with Crippen molar-refractivity contribution in [1.29, 1.82) is 0 Å². The molecule has 0 amide bonds. The Morgan fingerprint density at radius 1 is 1.33 bits per heavy atom. The Morgan fingerprint density at radius 2 is 2.00 bits per heavy atom. The van der Waals surface area contributed by atoms with Crippen molar-refractivity contribution >= 4 is 37.8 Å². The van der Waals surface area contributed by atoms with E-state index in [1.807, 2.05) is 32.9 Å². The summed E-state index contributed by atoms with van der Waals surface area (Å²) in [4.78, 5) is 11.8. The fraction of sp³-hybridized carbons (Fsp3) is 0.533. The van der Waals surface area contributed by atoms with Gasteiger partial charge >= 0.3 is 5.97 Å². The molecule has 6 heteroatoms. The SMILES string of the molecule is CCOc1c(Br)cc(Br)cc1CNC(C(=O)OC)C(C)C. The summed E-state index contributed by atoms with van der Waals surface area (Å²) >= 11 is 6.97. The maximum Gasteiger partial charge on any atom is 0.323 e. The van der Waals surface area contributed by atoms with E-state index in [1.54, 1.807) is 0 Å². The summed E-state index contributed by atoms with van der Waals surface area (Å²) in [5, 5.41) is 3.24. The minimum Gasteiger partial charge on any atom is -0.492 e. The lowest BCUT2D eigenvalue weighted by Gasteiger charge is -2.21. The topological polar surface area (TPSA) is 47.6 Å². The Kier molecular flexibility index (Phi) is 7.70. The first-order valence-corrected chi connectivity index (χ1v) is 8.41. The highest BCUT2D eigenvalue weighted by molar-refractivity contribution is 9.11. The molecule has 0 spiro atoms. The van der Waals surface area contributed by atoms with Gasteiger partial charge in [-0.05, 0) is 40.9 Å². The molecule has 0 aliphatic heterocycles. The number of hydrogen-bond donors (Lipinski definition) is 1. The highest BCUT2D eigenvalue weighted by atomic mass is 79.9. The molecule has 21 heavy (non-hydrogen) atoms. The van der Waals surface area contributed by atoms with Crippen molar-refractivity contribution in [1.82, 2.24) is 5.32 Å². The monoisotopic (exact) mass is 421 g/mol. The van der Waals surface area contributed by atoms with Gasteiger partial charge in [-0.3, -0.25) is 10.1 Å². The lowest BCUT2D eigenvalue weighted by atomic mass is 10.0. The summed E-state index contributed by atoms with van der Waals surface area (Å²) in [5.41, 5.74) is 0.979. The van der Waals surface area contributed by atoms with Gasteiger partial charge < -0.3 is 9.47 Å². The molecule has 0 saturated heterocycles. The summed E-state index contributed by atoms with van der Waals surface area (Å²) in [6.45, 7) is 7.00. The van der Waals surface area contributed by atoms with Gasteiger partial charge in [-0.15, -0.1) is 0 Å². The summed E-state index contributed by atoms with van der Waals surface area (Å²) in [7, 11) is 1.40. The van der Waals surface area contributed by atoms with Crippen LogP contribution in [0.15, 0.2) is 21.1 Å². The molecule has 0 heterocycles. The molecule has 1 unspecified atom stereocenters. The number of hydrogen-bond acceptors (Lipinski definition) is 4. The van der Waals surface area contributed by atoms with Gasteiger partial charge in [-0.25, -0.2) is 0 Å². The second kappa shape index (κ2) is 8.76. The van der Waals surface area contributed by atoms with Gasteiger partial charge in [0, 0.05) is 16.6 Å². The number of halogens is 2. The molecule has 0 radical (unpaired) electrons. The van der Waals surface area contributed by atoms with Crippen LogP contribution >= 0.6 is 31.9 Å². The van der Waals surface area contributed by atoms with Crippen LogP contribution in [0.25, 0.3) is 0 Å². The Morgan fingerprint density at radius 3 is 2.52 bits per heavy atom. The summed E-state index contributed by atoms with van der Waals surface area (Å²) in [6.07, 6.45) is 0. The third-order valence-corrected chi connectivity index (χ3v) is 4.06. The van der Waals surface area contributed by atoms with Gasteiger partial charge in [-0.1, -0.05) is 29.8 Å². The van der Waals surface area contributed by atoms with E-state index < -0.39 is 0 Å². The molecule has 1 rings (SSSR count). The zero-order valence-corrected chi connectivity index (χ0v) is 15.9. The maximum absolute atomic E-state index is 11.8. The molecular formula is C15H21Br2NO3. The van der Waals surface area contributed by atoms with Crippen LogP contribution in [0.2, 0.25) is 0 Å². The molecule has 4 nitrogen and oxygen atoms in total. The Hall–Kier alpha value is -0.590. The molecule has 1 aromatic rings. The van der Waals surface area contributed by atoms with E-state index in [4.69, 9.17) is 9.47 Å². The van der Waals surface area contributed by atoms with E-state index in [0.29, 0.717) is 13.2 Å². The highest BCUT2D eigenvalue weighted by Gasteiger charge is 2.23. The summed E-state index contributed by atoms with van der Waals surface area (Å²) < 4.78 is 12.4. The van der Waals surface area contributed by atoms with E-state index in [2.05, 4.69) is 37.2 Å². The molecule has 0 aromatic heterocycles. The van der Waals surface area contributed by atoms with Crippen LogP contribution in [-0.2, 0) is 16.1 Å². The number of esters is 1. The second-order valence-corrected chi connectivity index (χ2v) is 6.70. The quantitative estimate of drug-likeness (QED) is 0.677. The number of carbonyl (C=O) groups excluding carboxylic acids is 1. The first kappa shape index (κ1) is 18.5. The van der Waals surface area contributed by atoms with E-state index in [-0.39, 0.29) is 17.9 Å². The van der Waals surface area contributed by atoms with Gasteiger partial charge in [0.15, 0.2) is 0 Å². The number of nitrogens with one attached hydrogen (secondary N) is 1. The van der Waals surface area contributed by atoms with Crippen LogP contribution < -0.4 is 10.1 Å². The standard InChI is InChI=1S/C15H21Br2NO3/c1-5-21-14-10(6-11(16)7-12(14)17)8-18-13(9(2)3)15(19)20-4/h6-7,9,13,18H,5,8H2,1-4H3. The van der Waals surface area contributed by atoms with Gasteiger partial charge in [0.25, 0.3) is 0 Å². The molecule has 1 atom stereocenters. The Labute approximate surface area is 142 Å². The summed E-state index contributed by atoms with van der Waals surface area (Å²) in [6, 6.07) is 3.58. The number of methoxy groups -OCH3 is 1. The van der Waals surface area contributed by atoms with Gasteiger partial charge in [0.1, 0.15) is 11.8 Å². The zero-order valence-electron chi connectivity index (χ0n) is 12.7. The van der Waals surface area contributed by atoms with Crippen molar-refractivity contribution in [3.63, 3.8) is 0 Å². The lowest BCUT2D eigenvalue weighted by Crippen LogP contribution is -2.41.